The number of benzene rings is 3. The molecule has 474 valence electrons. The quantitative estimate of drug-likeness (QED) is 0.0187. The number of anilines is 1. The third-order valence-electron chi connectivity index (χ3n) is 13.9. The van der Waals surface area contributed by atoms with E-state index in [0.717, 1.165) is 29.8 Å². The fraction of sp³-hybridized carbons (Fsp3) is 0.526. The lowest BCUT2D eigenvalue weighted by Crippen LogP contribution is -2.50. The summed E-state index contributed by atoms with van der Waals surface area (Å²) in [7, 11) is 0. The second kappa shape index (κ2) is 38.8. The van der Waals surface area contributed by atoms with E-state index in [4.69, 9.17) is 20.4 Å². The highest BCUT2D eigenvalue weighted by Gasteiger charge is 2.35. The van der Waals surface area contributed by atoms with E-state index in [2.05, 4.69) is 47.1 Å². The number of carbonyl (C=O) groups excluding carboxylic acids is 5. The number of nitrogens with zero attached hydrogens (tertiary/aromatic N) is 6. The summed E-state index contributed by atoms with van der Waals surface area (Å²) in [5.74, 6) is -6.51. The summed E-state index contributed by atoms with van der Waals surface area (Å²) < 4.78 is 35.0. The zero-order chi connectivity index (χ0) is 62.8. The number of aliphatic carboxylic acids is 2. The summed E-state index contributed by atoms with van der Waals surface area (Å²) >= 11 is 0. The van der Waals surface area contributed by atoms with Crippen molar-refractivity contribution in [2.24, 2.45) is 10.7 Å². The van der Waals surface area contributed by atoms with Crippen LogP contribution in [0.5, 0.6) is 5.75 Å². The number of carboxylic acid groups (broad SMARTS) is 3. The van der Waals surface area contributed by atoms with Crippen LogP contribution in [0.1, 0.15) is 67.8 Å². The van der Waals surface area contributed by atoms with Crippen molar-refractivity contribution in [3.63, 3.8) is 0 Å². The van der Waals surface area contributed by atoms with Gasteiger partial charge >= 0.3 is 18.0 Å². The van der Waals surface area contributed by atoms with Gasteiger partial charge in [-0.25, -0.2) is 13.6 Å². The molecule has 0 spiro atoms. The highest BCUT2D eigenvalue weighted by Crippen LogP contribution is 2.33. The maximum absolute atomic E-state index is 14.7. The van der Waals surface area contributed by atoms with Gasteiger partial charge in [0, 0.05) is 135 Å². The van der Waals surface area contributed by atoms with Gasteiger partial charge < -0.3 is 67.7 Å². The molecule has 2 atom stereocenters. The summed E-state index contributed by atoms with van der Waals surface area (Å²) in [6, 6.07) is 13.9. The summed E-state index contributed by atoms with van der Waals surface area (Å²) in [5.41, 5.74) is 8.75. The van der Waals surface area contributed by atoms with Gasteiger partial charge in [-0.05, 0) is 61.6 Å². The van der Waals surface area contributed by atoms with Gasteiger partial charge in [0.05, 0.1) is 32.8 Å². The lowest BCUT2D eigenvalue weighted by Gasteiger charge is -2.33. The van der Waals surface area contributed by atoms with Crippen molar-refractivity contribution in [1.82, 2.24) is 56.4 Å². The Labute approximate surface area is 499 Å². The third-order valence-corrected chi connectivity index (χ3v) is 13.9. The predicted octanol–water partition coefficient (Wildman–Crippen LogP) is 0.495. The molecular formula is C57H84F2N14O13. The molecule has 0 aliphatic carbocycles. The lowest BCUT2D eigenvalue weighted by atomic mass is 10.0. The fourth-order valence-electron chi connectivity index (χ4n) is 9.50. The largest absolute Gasteiger partial charge is 0.508 e. The van der Waals surface area contributed by atoms with Crippen LogP contribution in [-0.2, 0) is 57.9 Å². The number of nitrogens with one attached hydrogen (secondary N) is 7. The number of aromatic hydroxyl groups is 1. The molecule has 5 rings (SSSR count). The molecule has 0 radical (unpaired) electrons. The summed E-state index contributed by atoms with van der Waals surface area (Å²) in [4.78, 5) is 111. The number of urea groups is 1. The molecule has 2 unspecified atom stereocenters. The summed E-state index contributed by atoms with van der Waals surface area (Å²) in [5, 5.41) is 54.9. The topological polar surface area (TPSA) is 366 Å². The number of carboxylic acids is 2. The number of carbonyl (C=O) groups is 8. The van der Waals surface area contributed by atoms with Crippen LogP contribution >= 0.6 is 0 Å². The molecule has 1 fully saturated rings. The Morgan fingerprint density at radius 3 is 1.87 bits per heavy atom. The Balaban J connectivity index is 0.00000517. The Bertz CT molecular complexity index is 2660. The Kier molecular flexibility index (Phi) is 31.7. The standard InChI is InChI=1S/C56H82F2N14O11.CH2O2/c1-3-60-56(82)67-55(59)64-16-8-14-47(53(80)65-33-44-45(57)31-43(73)32-46(44)58)66-54(81)52(72-34-40-10-5-6-11-41(40)35-72)39-12-7-13-42(30-39)61-17-9-18-62-48(74)15-28-83-29-19-63-49(75)36-69-22-20-68(4-2)21-23-70(37-50(76)77)26-27-71(25-24-69)38-51(78)79;2-1-3/h5-7,10-13,30-32,47,52,61,73H,3-4,8-9,14-29,33-38H2,1-2H3,(H,62,74)(H,63,75)(H,65,80)(H,66,81)(H,76,77)(H,78,79)(H4,59,60,64,67,82);1H,(H,2,3). The van der Waals surface area contributed by atoms with Gasteiger partial charge in [-0.1, -0.05) is 43.3 Å². The zero-order valence-electron chi connectivity index (χ0n) is 48.9. The van der Waals surface area contributed by atoms with Gasteiger partial charge in [-0.15, -0.1) is 0 Å². The van der Waals surface area contributed by atoms with Gasteiger partial charge in [0.25, 0.3) is 6.47 Å². The number of nitrogens with two attached hydrogens (primary N) is 1. The molecular weight excluding hydrogens is 1130 g/mol. The number of halogens is 2. The molecule has 86 heavy (non-hydrogen) atoms. The number of hydrogen-bond acceptors (Lipinski definition) is 17. The second-order valence-electron chi connectivity index (χ2n) is 20.3. The zero-order valence-corrected chi connectivity index (χ0v) is 48.9. The van der Waals surface area contributed by atoms with E-state index in [-0.39, 0.29) is 89.4 Å². The Hall–Kier alpha value is -8.09. The molecule has 27 nitrogen and oxygen atoms in total. The Morgan fingerprint density at radius 2 is 1.29 bits per heavy atom. The van der Waals surface area contributed by atoms with E-state index in [1.165, 1.54) is 0 Å². The van der Waals surface area contributed by atoms with E-state index >= 15 is 0 Å². The van der Waals surface area contributed by atoms with Gasteiger partial charge in [-0.2, -0.15) is 0 Å². The average Bonchev–Trinajstić information content (AvgIpc) is 2.28. The van der Waals surface area contributed by atoms with Crippen molar-refractivity contribution >= 4 is 59.7 Å². The fourth-order valence-corrected chi connectivity index (χ4v) is 9.50. The molecule has 3 aromatic rings. The average molecular weight is 1210 g/mol. The van der Waals surface area contributed by atoms with Crippen LogP contribution in [0, 0.1) is 11.6 Å². The van der Waals surface area contributed by atoms with E-state index in [1.807, 2.05) is 64.1 Å². The first-order valence-electron chi connectivity index (χ1n) is 28.6. The van der Waals surface area contributed by atoms with Crippen LogP contribution in [0.4, 0.5) is 19.3 Å². The number of amides is 6. The number of phenols is 1. The number of rotatable bonds is 30. The number of fused-ring (bicyclic) bond motifs is 1. The van der Waals surface area contributed by atoms with E-state index < -0.39 is 71.4 Å². The predicted molar refractivity (Wildman–Crippen MR) is 315 cm³/mol. The van der Waals surface area contributed by atoms with Crippen molar-refractivity contribution in [2.45, 2.75) is 71.2 Å². The van der Waals surface area contributed by atoms with Crippen LogP contribution < -0.4 is 43.0 Å². The monoisotopic (exact) mass is 1210 g/mol. The molecule has 0 aromatic heterocycles. The highest BCUT2D eigenvalue weighted by atomic mass is 19.1. The molecule has 6 amide bonds. The van der Waals surface area contributed by atoms with E-state index in [1.54, 1.807) is 17.9 Å². The minimum absolute atomic E-state index is 0.0237. The number of ether oxygens (including phenoxy) is 1. The third kappa shape index (κ3) is 26.4. The SMILES string of the molecule is CCNC(=O)NC(N)=NCCCC(NC(=O)C(c1cccc(NCCCNC(=O)CCOCCNC(=O)CN2CCN(CC)CCN(CC(=O)O)CCN(CC(=O)O)CC2)c1)N1Cc2ccccc2C1)C(=O)NCc1c(F)cc(O)cc1F.O=CO. The number of phenolic OH excluding ortho intramolecular Hbond substituents is 1. The van der Waals surface area contributed by atoms with Gasteiger partial charge in [0.15, 0.2) is 5.96 Å². The van der Waals surface area contributed by atoms with Crippen molar-refractivity contribution in [3.05, 3.63) is 94.6 Å². The molecule has 2 aliphatic rings. The van der Waals surface area contributed by atoms with Crippen molar-refractivity contribution in [2.75, 3.05) is 130 Å². The van der Waals surface area contributed by atoms with Crippen molar-refractivity contribution in [1.29, 1.82) is 0 Å². The van der Waals surface area contributed by atoms with Gasteiger partial charge in [-0.3, -0.25) is 63.5 Å². The maximum atomic E-state index is 14.7. The number of guanidine groups is 1. The van der Waals surface area contributed by atoms with Crippen LogP contribution in [0.2, 0.25) is 0 Å². The van der Waals surface area contributed by atoms with Crippen LogP contribution in [0.15, 0.2) is 65.7 Å². The van der Waals surface area contributed by atoms with Crippen LogP contribution in [0.3, 0.4) is 0 Å². The lowest BCUT2D eigenvalue weighted by molar-refractivity contribution is -0.140. The maximum Gasteiger partial charge on any atom is 0.321 e. The number of aliphatic imine (C=N–C) groups is 1. The molecule has 13 N–H and O–H groups in total. The molecule has 29 heteroatoms. The summed E-state index contributed by atoms with van der Waals surface area (Å²) in [6.07, 6.45) is 0.885. The van der Waals surface area contributed by atoms with Gasteiger partial charge in [0.1, 0.15) is 29.5 Å². The smallest absolute Gasteiger partial charge is 0.321 e. The first-order chi connectivity index (χ1) is 41.3. The Morgan fingerprint density at radius 1 is 0.709 bits per heavy atom. The van der Waals surface area contributed by atoms with Crippen molar-refractivity contribution < 1.29 is 72.3 Å². The molecule has 1 saturated heterocycles. The number of hydrogen-bond donors (Lipinski definition) is 12. The molecule has 3 aromatic carbocycles. The van der Waals surface area contributed by atoms with Crippen LogP contribution in [-0.4, -0.2) is 229 Å². The van der Waals surface area contributed by atoms with E-state index in [9.17, 15) is 57.7 Å². The second-order valence-corrected chi connectivity index (χ2v) is 20.3. The molecule has 0 bridgehead atoms. The summed E-state index contributed by atoms with van der Waals surface area (Å²) in [6.45, 7) is 10.0. The van der Waals surface area contributed by atoms with Gasteiger partial charge in [0.2, 0.25) is 23.6 Å². The molecule has 2 heterocycles. The van der Waals surface area contributed by atoms with Crippen molar-refractivity contribution in [3.8, 4) is 5.75 Å². The van der Waals surface area contributed by atoms with E-state index in [0.29, 0.717) is 103 Å². The first kappa shape index (κ1) is 70.4. The number of likely N-dealkylation sites (N-methyl/N-ethyl adjacent to an activating group) is 1. The normalized spacial score (nSPS) is 15.4. The highest BCUT2D eigenvalue weighted by molar-refractivity contribution is 5.95. The minimum Gasteiger partial charge on any atom is -0.508 e. The van der Waals surface area contributed by atoms with Crippen LogP contribution in [0.25, 0.3) is 0 Å². The molecule has 0 saturated carbocycles. The minimum atomic E-state index is -1.21. The molecule has 2 aliphatic heterocycles. The first-order valence-corrected chi connectivity index (χ1v) is 28.6.